The van der Waals surface area contributed by atoms with Crippen LogP contribution in [0.3, 0.4) is 0 Å². The van der Waals surface area contributed by atoms with Gasteiger partial charge >= 0.3 is 40.0 Å². The minimum atomic E-state index is -4.75. The first-order chi connectivity index (χ1) is 15.3. The van der Waals surface area contributed by atoms with Crippen molar-refractivity contribution in [1.82, 2.24) is 0 Å². The Morgan fingerprint density at radius 3 is 2.00 bits per heavy atom. The van der Waals surface area contributed by atoms with Gasteiger partial charge in [0.2, 0.25) is 0 Å². The van der Waals surface area contributed by atoms with Crippen LogP contribution in [-0.2, 0) is 34.5 Å². The van der Waals surface area contributed by atoms with Gasteiger partial charge in [0.15, 0.2) is 9.84 Å². The standard InChI is InChI=1S/C18H17N3O9S3.Na/c19-17-8-2-12-1-5-15(32(24,25)26)11-16(12)18(17)21-20-13-3-6-14(7-4-13)31(22,23)10-9-30-33(27,28)29;/h1-8,11H,9-10,19H2,(H,24,25,26)(H,27,28,29);/q;+1. The molecule has 0 atom stereocenters. The van der Waals surface area contributed by atoms with Crippen LogP contribution in [0.25, 0.3) is 10.8 Å². The molecule has 12 nitrogen and oxygen atoms in total. The molecule has 0 spiro atoms. The van der Waals surface area contributed by atoms with E-state index in [0.717, 1.165) is 0 Å². The van der Waals surface area contributed by atoms with Crippen molar-refractivity contribution in [3.63, 3.8) is 0 Å². The van der Waals surface area contributed by atoms with Gasteiger partial charge in [0.1, 0.15) is 5.69 Å². The monoisotopic (exact) mass is 538 g/mol. The summed E-state index contributed by atoms with van der Waals surface area (Å²) < 4.78 is 90.2. The summed E-state index contributed by atoms with van der Waals surface area (Å²) in [4.78, 5) is -0.479. The van der Waals surface area contributed by atoms with Crippen molar-refractivity contribution in [2.45, 2.75) is 9.79 Å². The van der Waals surface area contributed by atoms with Crippen LogP contribution in [0.4, 0.5) is 17.1 Å². The average molecular weight is 539 g/mol. The molecule has 0 aliphatic rings. The average Bonchev–Trinajstić information content (AvgIpc) is 2.71. The van der Waals surface area contributed by atoms with E-state index in [9.17, 15) is 29.8 Å². The van der Waals surface area contributed by atoms with Gasteiger partial charge < -0.3 is 5.73 Å². The van der Waals surface area contributed by atoms with E-state index in [1.165, 1.54) is 42.5 Å². The van der Waals surface area contributed by atoms with Gasteiger partial charge in [0, 0.05) is 5.39 Å². The van der Waals surface area contributed by atoms with E-state index in [1.807, 2.05) is 0 Å². The second kappa shape index (κ2) is 10.8. The number of rotatable bonds is 8. The number of sulfone groups is 1. The molecule has 3 aromatic rings. The summed E-state index contributed by atoms with van der Waals surface area (Å²) in [6.45, 7) is -0.755. The van der Waals surface area contributed by atoms with Gasteiger partial charge in [-0.1, -0.05) is 12.1 Å². The topological polar surface area (TPSA) is 203 Å². The normalized spacial score (nSPS) is 12.6. The third-order valence-corrected chi connectivity index (χ3v) is 7.35. The Morgan fingerprint density at radius 1 is 0.824 bits per heavy atom. The molecule has 0 aliphatic carbocycles. The summed E-state index contributed by atoms with van der Waals surface area (Å²) in [7, 11) is -13.1. The Bertz CT molecular complexity index is 1560. The molecule has 0 amide bonds. The Hall–Kier alpha value is -1.95. The second-order valence-electron chi connectivity index (χ2n) is 6.62. The molecule has 34 heavy (non-hydrogen) atoms. The Balaban J connectivity index is 0.00000408. The van der Waals surface area contributed by atoms with Crippen LogP contribution in [0.1, 0.15) is 0 Å². The van der Waals surface area contributed by atoms with Gasteiger partial charge in [0.05, 0.1) is 33.5 Å². The van der Waals surface area contributed by atoms with Crippen molar-refractivity contribution in [2.24, 2.45) is 10.2 Å². The quantitative estimate of drug-likeness (QED) is 0.148. The predicted octanol–water partition coefficient (Wildman–Crippen LogP) is -0.319. The van der Waals surface area contributed by atoms with E-state index >= 15 is 0 Å². The van der Waals surface area contributed by atoms with Crippen molar-refractivity contribution in [2.75, 3.05) is 18.1 Å². The number of fused-ring (bicyclic) bond motifs is 1. The number of azo groups is 1. The third-order valence-electron chi connectivity index (χ3n) is 4.34. The van der Waals surface area contributed by atoms with Gasteiger partial charge in [-0.25, -0.2) is 12.6 Å². The number of nitrogen functional groups attached to an aromatic ring is 1. The summed E-state index contributed by atoms with van der Waals surface area (Å²) in [5.41, 5.74) is 6.53. The van der Waals surface area contributed by atoms with Crippen LogP contribution in [0, 0.1) is 0 Å². The van der Waals surface area contributed by atoms with Crippen molar-refractivity contribution in [3.8, 4) is 0 Å². The van der Waals surface area contributed by atoms with Gasteiger partial charge in [-0.3, -0.25) is 9.11 Å². The fourth-order valence-electron chi connectivity index (χ4n) is 2.77. The summed E-state index contributed by atoms with van der Waals surface area (Å²) in [6, 6.07) is 12.2. The smallest absolute Gasteiger partial charge is 0.397 e. The number of hydrogen-bond acceptors (Lipinski definition) is 10. The molecule has 3 aromatic carbocycles. The van der Waals surface area contributed by atoms with E-state index in [0.29, 0.717) is 10.8 Å². The second-order valence-corrected chi connectivity index (χ2v) is 11.2. The summed E-state index contributed by atoms with van der Waals surface area (Å²) in [5.74, 6) is -0.684. The first kappa shape index (κ1) is 28.3. The molecular weight excluding hydrogens is 521 g/mol. The molecule has 0 heterocycles. The predicted molar refractivity (Wildman–Crippen MR) is 118 cm³/mol. The van der Waals surface area contributed by atoms with E-state index in [-0.39, 0.29) is 56.4 Å². The number of hydrogen-bond donors (Lipinski definition) is 3. The summed E-state index contributed by atoms with van der Waals surface area (Å²) >= 11 is 0. The van der Waals surface area contributed by atoms with Crippen LogP contribution >= 0.6 is 0 Å². The molecule has 0 fully saturated rings. The molecule has 16 heteroatoms. The third kappa shape index (κ3) is 7.27. The fraction of sp³-hybridized carbons (Fsp3) is 0.111. The Labute approximate surface area is 217 Å². The van der Waals surface area contributed by atoms with E-state index in [1.54, 1.807) is 12.1 Å². The Kier molecular flexibility index (Phi) is 8.95. The maximum atomic E-state index is 12.2. The molecule has 0 bridgehead atoms. The molecule has 0 saturated carbocycles. The van der Waals surface area contributed by atoms with Crippen molar-refractivity contribution in [1.29, 1.82) is 0 Å². The maximum Gasteiger partial charge on any atom is 1.00 e. The van der Waals surface area contributed by atoms with Gasteiger partial charge in [0.25, 0.3) is 10.1 Å². The van der Waals surface area contributed by atoms with Crippen molar-refractivity contribution >= 4 is 58.2 Å². The van der Waals surface area contributed by atoms with Crippen LogP contribution < -0.4 is 35.3 Å². The molecule has 0 radical (unpaired) electrons. The molecule has 0 saturated heterocycles. The van der Waals surface area contributed by atoms with E-state index in [4.69, 9.17) is 10.3 Å². The molecule has 176 valence electrons. The maximum absolute atomic E-state index is 12.2. The number of nitrogens with two attached hydrogens (primary N) is 1. The van der Waals surface area contributed by atoms with Crippen LogP contribution in [0.15, 0.2) is 74.6 Å². The fourth-order valence-corrected chi connectivity index (χ4v) is 4.76. The minimum absolute atomic E-state index is 0. The molecule has 0 aromatic heterocycles. The summed E-state index contributed by atoms with van der Waals surface area (Å²) in [5, 5.41) is 8.98. The van der Waals surface area contributed by atoms with Crippen LogP contribution in [0.5, 0.6) is 0 Å². The van der Waals surface area contributed by atoms with Crippen molar-refractivity contribution < 1.29 is 68.1 Å². The number of benzene rings is 3. The summed E-state index contributed by atoms with van der Waals surface area (Å²) in [6.07, 6.45) is 0. The minimum Gasteiger partial charge on any atom is -0.397 e. The van der Waals surface area contributed by atoms with Gasteiger partial charge in [-0.15, -0.1) is 5.11 Å². The largest absolute Gasteiger partial charge is 1.00 e. The number of anilines is 1. The van der Waals surface area contributed by atoms with E-state index in [2.05, 4.69) is 14.4 Å². The molecule has 0 aliphatic heterocycles. The SMILES string of the molecule is Nc1ccc2ccc(S(=O)(=O)O)cc2c1N=Nc1ccc(S(=O)(=O)CCOS(=O)(=O)O)cc1.[Na+]. The molecular formula is C18H17N3NaO9S3+. The molecule has 0 unspecified atom stereocenters. The van der Waals surface area contributed by atoms with Gasteiger partial charge in [-0.2, -0.15) is 21.9 Å². The van der Waals surface area contributed by atoms with Crippen molar-refractivity contribution in [3.05, 3.63) is 54.6 Å². The Morgan fingerprint density at radius 2 is 1.41 bits per heavy atom. The zero-order chi connectivity index (χ0) is 24.4. The zero-order valence-electron chi connectivity index (χ0n) is 17.6. The van der Waals surface area contributed by atoms with Crippen LogP contribution in [0.2, 0.25) is 0 Å². The van der Waals surface area contributed by atoms with Crippen LogP contribution in [-0.4, -0.2) is 46.7 Å². The number of nitrogens with zero attached hydrogens (tertiary/aromatic N) is 2. The first-order valence-electron chi connectivity index (χ1n) is 8.92. The van der Waals surface area contributed by atoms with Gasteiger partial charge in [-0.05, 0) is 47.9 Å². The zero-order valence-corrected chi connectivity index (χ0v) is 22.0. The molecule has 3 rings (SSSR count). The molecule has 4 N–H and O–H groups in total. The first-order valence-corrected chi connectivity index (χ1v) is 13.4. The van der Waals surface area contributed by atoms with E-state index < -0.39 is 42.7 Å².